The number of hydrogen-bond acceptors (Lipinski definition) is 1. The molecule has 3 heteroatoms. The van der Waals surface area contributed by atoms with Crippen LogP contribution in [0.5, 0.6) is 0 Å². The number of carboxylic acid groups (broad SMARTS) is 1. The molecule has 0 unspecified atom stereocenters. The van der Waals surface area contributed by atoms with Crippen LogP contribution < -0.4 is 0 Å². The second-order valence-electron chi connectivity index (χ2n) is 1.73. The highest BCUT2D eigenvalue weighted by molar-refractivity contribution is 14.1. The van der Waals surface area contributed by atoms with Crippen LogP contribution in [0, 0.1) is 9.64 Å². The maximum absolute atomic E-state index is 10.3. The molecule has 0 fully saturated rings. The Labute approximate surface area is 72.0 Å². The van der Waals surface area contributed by atoms with Crippen LogP contribution >= 0.6 is 22.6 Å². The van der Waals surface area contributed by atoms with Crippen molar-refractivity contribution in [1.82, 2.24) is 0 Å². The topological polar surface area (TPSA) is 37.3 Å². The van der Waals surface area contributed by atoms with Gasteiger partial charge in [-0.3, -0.25) is 0 Å². The van der Waals surface area contributed by atoms with Gasteiger partial charge >= 0.3 is 5.97 Å². The van der Waals surface area contributed by atoms with E-state index >= 15 is 0 Å². The molecule has 0 saturated carbocycles. The Balaban J connectivity index is 3.07. The molecule has 0 atom stereocenters. The van der Waals surface area contributed by atoms with E-state index in [0.29, 0.717) is 0 Å². The Morgan fingerprint density at radius 3 is 2.80 bits per heavy atom. The van der Waals surface area contributed by atoms with Crippen LogP contribution in [0.2, 0.25) is 0 Å². The van der Waals surface area contributed by atoms with E-state index in [2.05, 4.69) is 28.7 Å². The normalized spacial score (nSPS) is 9.30. The van der Waals surface area contributed by atoms with E-state index in [-0.39, 0.29) is 5.56 Å². The lowest BCUT2D eigenvalue weighted by atomic mass is 10.2. The van der Waals surface area contributed by atoms with E-state index in [4.69, 9.17) is 5.11 Å². The predicted molar refractivity (Wildman–Crippen MR) is 45.0 cm³/mol. The molecule has 0 aliphatic heterocycles. The monoisotopic (exact) mass is 247 g/mol. The van der Waals surface area contributed by atoms with E-state index in [1.165, 1.54) is 0 Å². The number of carbonyl (C=O) groups is 1. The lowest BCUT2D eigenvalue weighted by molar-refractivity contribution is 0.0696. The van der Waals surface area contributed by atoms with Gasteiger partial charge in [0.15, 0.2) is 0 Å². The Morgan fingerprint density at radius 2 is 2.40 bits per heavy atom. The Hall–Kier alpha value is -0.580. The molecule has 0 aliphatic carbocycles. The maximum Gasteiger partial charge on any atom is 0.336 e. The van der Waals surface area contributed by atoms with Gasteiger partial charge in [-0.2, -0.15) is 0 Å². The van der Waals surface area contributed by atoms with E-state index in [9.17, 15) is 4.79 Å². The Kier molecular flexibility index (Phi) is 2.26. The van der Waals surface area contributed by atoms with E-state index < -0.39 is 5.97 Å². The van der Waals surface area contributed by atoms with Crippen LogP contribution in [0.3, 0.4) is 0 Å². The molecule has 0 bridgehead atoms. The number of carboxylic acids is 1. The van der Waals surface area contributed by atoms with Crippen molar-refractivity contribution < 1.29 is 9.90 Å². The highest BCUT2D eigenvalue weighted by Gasteiger charge is 2.00. The number of hydrogen-bond donors (Lipinski definition) is 1. The molecule has 0 spiro atoms. The molecule has 1 N–H and O–H groups in total. The minimum atomic E-state index is -0.932. The number of aromatic carboxylic acids is 1. The fraction of sp³-hybridized carbons (Fsp3) is 0. The fourth-order valence-corrected chi connectivity index (χ4v) is 1.05. The SMILES string of the molecule is O=C(O)c1[c]ccc(I)c1. The van der Waals surface area contributed by atoms with Gasteiger partial charge in [0.05, 0.1) is 5.56 Å². The third-order valence-electron chi connectivity index (χ3n) is 0.994. The first-order valence-corrected chi connectivity index (χ1v) is 3.68. The van der Waals surface area contributed by atoms with Crippen molar-refractivity contribution in [2.24, 2.45) is 0 Å². The molecule has 0 saturated heterocycles. The van der Waals surface area contributed by atoms with Crippen LogP contribution in [0.4, 0.5) is 0 Å². The first-order chi connectivity index (χ1) is 4.70. The molecule has 0 heterocycles. The van der Waals surface area contributed by atoms with Gasteiger partial charge in [0.25, 0.3) is 0 Å². The van der Waals surface area contributed by atoms with Crippen molar-refractivity contribution >= 4 is 28.6 Å². The van der Waals surface area contributed by atoms with Gasteiger partial charge in [-0.25, -0.2) is 4.79 Å². The summed E-state index contributed by atoms with van der Waals surface area (Å²) < 4.78 is 0.911. The largest absolute Gasteiger partial charge is 0.478 e. The zero-order chi connectivity index (χ0) is 7.56. The third-order valence-corrected chi connectivity index (χ3v) is 1.67. The molecule has 1 aromatic carbocycles. The Bertz CT molecular complexity index is 258. The minimum absolute atomic E-state index is 0.215. The van der Waals surface area contributed by atoms with Crippen molar-refractivity contribution in [3.05, 3.63) is 33.4 Å². The summed E-state index contributed by atoms with van der Waals surface area (Å²) in [6.07, 6.45) is 0. The van der Waals surface area contributed by atoms with Gasteiger partial charge in [0.2, 0.25) is 0 Å². The van der Waals surface area contributed by atoms with Crippen molar-refractivity contribution in [2.45, 2.75) is 0 Å². The predicted octanol–water partition coefficient (Wildman–Crippen LogP) is 1.79. The van der Waals surface area contributed by atoms with Gasteiger partial charge in [0, 0.05) is 3.57 Å². The summed E-state index contributed by atoms with van der Waals surface area (Å²) in [5, 5.41) is 8.47. The number of benzene rings is 1. The number of halogens is 1. The number of rotatable bonds is 1. The summed E-state index contributed by atoms with van der Waals surface area (Å²) in [7, 11) is 0. The molecule has 51 valence electrons. The van der Waals surface area contributed by atoms with Crippen LogP contribution in [0.25, 0.3) is 0 Å². The van der Waals surface area contributed by atoms with Crippen LogP contribution in [-0.2, 0) is 0 Å². The average Bonchev–Trinajstić information content (AvgIpc) is 1.88. The minimum Gasteiger partial charge on any atom is -0.478 e. The molecule has 1 radical (unpaired) electrons. The Morgan fingerprint density at radius 1 is 1.70 bits per heavy atom. The zero-order valence-electron chi connectivity index (χ0n) is 4.97. The highest BCUT2D eigenvalue weighted by Crippen LogP contribution is 2.06. The summed E-state index contributed by atoms with van der Waals surface area (Å²) in [6.45, 7) is 0. The summed E-state index contributed by atoms with van der Waals surface area (Å²) in [5.74, 6) is -0.932. The average molecular weight is 247 g/mol. The second-order valence-corrected chi connectivity index (χ2v) is 2.97. The van der Waals surface area contributed by atoms with E-state index in [0.717, 1.165) is 3.57 Å². The molecule has 0 aliphatic rings. The third kappa shape index (κ3) is 1.70. The molecule has 2 nitrogen and oxygen atoms in total. The van der Waals surface area contributed by atoms with Crippen molar-refractivity contribution in [3.63, 3.8) is 0 Å². The van der Waals surface area contributed by atoms with Crippen molar-refractivity contribution in [2.75, 3.05) is 0 Å². The molecular formula is C7H4IO2. The molecule has 0 amide bonds. The summed E-state index contributed by atoms with van der Waals surface area (Å²) in [5.41, 5.74) is 0.215. The summed E-state index contributed by atoms with van der Waals surface area (Å²) in [6, 6.07) is 7.58. The van der Waals surface area contributed by atoms with Crippen molar-refractivity contribution in [3.8, 4) is 0 Å². The first kappa shape index (κ1) is 7.53. The van der Waals surface area contributed by atoms with Crippen LogP contribution in [-0.4, -0.2) is 11.1 Å². The standard InChI is InChI=1S/C7H4IO2/c8-6-3-1-2-5(4-6)7(9)10/h1,3-4H,(H,9,10). The smallest absolute Gasteiger partial charge is 0.336 e. The summed E-state index contributed by atoms with van der Waals surface area (Å²) >= 11 is 2.06. The molecule has 1 aromatic rings. The molecule has 1 rings (SSSR count). The van der Waals surface area contributed by atoms with Crippen molar-refractivity contribution in [1.29, 1.82) is 0 Å². The lowest BCUT2D eigenvalue weighted by Crippen LogP contribution is -1.95. The first-order valence-electron chi connectivity index (χ1n) is 2.60. The van der Waals surface area contributed by atoms with Crippen LogP contribution in [0.15, 0.2) is 18.2 Å². The van der Waals surface area contributed by atoms with Gasteiger partial charge in [-0.05, 0) is 40.8 Å². The fourth-order valence-electron chi connectivity index (χ4n) is 0.562. The summed E-state index contributed by atoms with van der Waals surface area (Å²) in [4.78, 5) is 10.3. The molecule has 10 heavy (non-hydrogen) atoms. The van der Waals surface area contributed by atoms with E-state index in [1.807, 2.05) is 0 Å². The van der Waals surface area contributed by atoms with Gasteiger partial charge in [0.1, 0.15) is 0 Å². The quantitative estimate of drug-likeness (QED) is 0.768. The maximum atomic E-state index is 10.3. The molecule has 0 aromatic heterocycles. The molecular weight excluding hydrogens is 243 g/mol. The van der Waals surface area contributed by atoms with Gasteiger partial charge in [-0.15, -0.1) is 0 Å². The zero-order valence-corrected chi connectivity index (χ0v) is 7.12. The highest BCUT2D eigenvalue weighted by atomic mass is 127. The lowest BCUT2D eigenvalue weighted by Gasteiger charge is -1.91. The van der Waals surface area contributed by atoms with Crippen LogP contribution in [0.1, 0.15) is 10.4 Å². The second kappa shape index (κ2) is 3.01. The van der Waals surface area contributed by atoms with E-state index in [1.54, 1.807) is 18.2 Å². The van der Waals surface area contributed by atoms with Gasteiger partial charge in [-0.1, -0.05) is 6.07 Å². The van der Waals surface area contributed by atoms with Gasteiger partial charge < -0.3 is 5.11 Å².